The number of rotatable bonds is 4. The van der Waals surface area contributed by atoms with Crippen LogP contribution in [0.15, 0.2) is 33.8 Å². The highest BCUT2D eigenvalue weighted by Gasteiger charge is 2.09. The molecule has 0 spiro atoms. The second kappa shape index (κ2) is 7.08. The first-order valence-corrected chi connectivity index (χ1v) is 7.02. The lowest BCUT2D eigenvalue weighted by molar-refractivity contribution is 0.375. The second-order valence-electron chi connectivity index (χ2n) is 4.74. The van der Waals surface area contributed by atoms with E-state index >= 15 is 0 Å². The summed E-state index contributed by atoms with van der Waals surface area (Å²) in [5, 5.41) is 10.9. The Morgan fingerprint density at radius 3 is 2.67 bits per heavy atom. The second-order valence-corrected chi connectivity index (χ2v) is 5.18. The largest absolute Gasteiger partial charge is 0.354 e. The lowest BCUT2D eigenvalue weighted by Gasteiger charge is -2.12. The van der Waals surface area contributed by atoms with Crippen LogP contribution in [-0.2, 0) is 6.54 Å². The number of guanidine groups is 1. The van der Waals surface area contributed by atoms with Gasteiger partial charge in [-0.3, -0.25) is 4.99 Å². The summed E-state index contributed by atoms with van der Waals surface area (Å²) >= 11 is 5.85. The van der Waals surface area contributed by atoms with Gasteiger partial charge < -0.3 is 15.2 Å². The Kier molecular flexibility index (Phi) is 5.16. The maximum atomic E-state index is 5.85. The predicted molar refractivity (Wildman–Crippen MR) is 83.2 cm³/mol. The quantitative estimate of drug-likeness (QED) is 0.670. The van der Waals surface area contributed by atoms with Gasteiger partial charge in [0, 0.05) is 23.7 Å². The van der Waals surface area contributed by atoms with E-state index in [-0.39, 0.29) is 0 Å². The highest BCUT2D eigenvalue weighted by Crippen LogP contribution is 2.18. The van der Waals surface area contributed by atoms with Crippen molar-refractivity contribution in [1.29, 1.82) is 0 Å². The van der Waals surface area contributed by atoms with E-state index in [0.717, 1.165) is 5.56 Å². The Balaban J connectivity index is 1.98. The molecule has 6 nitrogen and oxygen atoms in total. The minimum atomic E-state index is 0.295. The first kappa shape index (κ1) is 15.3. The normalized spacial score (nSPS) is 11.8. The summed E-state index contributed by atoms with van der Waals surface area (Å²) < 4.78 is 5.21. The Bertz CT molecular complexity index is 606. The standard InChI is InChI=1S/C14H18ClN5O/c1-9(2)18-14(16-3)17-8-12-19-13(20-21-12)10-4-6-11(15)7-5-10/h4-7,9H,8H2,1-3H3,(H2,16,17,18). The van der Waals surface area contributed by atoms with Crippen molar-refractivity contribution in [2.75, 3.05) is 7.05 Å². The van der Waals surface area contributed by atoms with Crippen molar-refractivity contribution >= 4 is 17.6 Å². The first-order valence-electron chi connectivity index (χ1n) is 6.64. The minimum Gasteiger partial charge on any atom is -0.354 e. The molecule has 2 rings (SSSR count). The molecule has 1 aromatic carbocycles. The van der Waals surface area contributed by atoms with Gasteiger partial charge in [0.1, 0.15) is 0 Å². The smallest absolute Gasteiger partial charge is 0.246 e. The molecule has 7 heteroatoms. The topological polar surface area (TPSA) is 75.3 Å². The molecule has 0 amide bonds. The number of nitrogens with one attached hydrogen (secondary N) is 2. The number of hydrogen-bond donors (Lipinski definition) is 2. The van der Waals surface area contributed by atoms with Crippen molar-refractivity contribution in [2.45, 2.75) is 26.4 Å². The summed E-state index contributed by atoms with van der Waals surface area (Å²) in [4.78, 5) is 8.44. The maximum absolute atomic E-state index is 5.85. The fraction of sp³-hybridized carbons (Fsp3) is 0.357. The molecular formula is C14H18ClN5O. The van der Waals surface area contributed by atoms with Crippen LogP contribution in [0.3, 0.4) is 0 Å². The van der Waals surface area contributed by atoms with Crippen LogP contribution < -0.4 is 10.6 Å². The molecule has 2 aromatic rings. The molecule has 1 heterocycles. The third-order valence-electron chi connectivity index (χ3n) is 2.63. The Morgan fingerprint density at radius 2 is 2.05 bits per heavy atom. The van der Waals surface area contributed by atoms with E-state index in [2.05, 4.69) is 25.8 Å². The van der Waals surface area contributed by atoms with E-state index < -0.39 is 0 Å². The van der Waals surface area contributed by atoms with Gasteiger partial charge in [0.15, 0.2) is 5.96 Å². The van der Waals surface area contributed by atoms with E-state index in [1.807, 2.05) is 26.0 Å². The molecule has 0 fully saturated rings. The zero-order valence-corrected chi connectivity index (χ0v) is 13.0. The Morgan fingerprint density at radius 1 is 1.33 bits per heavy atom. The van der Waals surface area contributed by atoms with Gasteiger partial charge in [-0.1, -0.05) is 16.8 Å². The average Bonchev–Trinajstić information content (AvgIpc) is 2.92. The van der Waals surface area contributed by atoms with E-state index in [0.29, 0.717) is 35.3 Å². The lowest BCUT2D eigenvalue weighted by Crippen LogP contribution is -2.40. The van der Waals surface area contributed by atoms with Crippen LogP contribution in [0.5, 0.6) is 0 Å². The summed E-state index contributed by atoms with van der Waals surface area (Å²) in [6, 6.07) is 7.58. The molecule has 0 unspecified atom stereocenters. The summed E-state index contributed by atoms with van der Waals surface area (Å²) in [5.74, 6) is 1.72. The van der Waals surface area contributed by atoms with Gasteiger partial charge >= 0.3 is 0 Å². The van der Waals surface area contributed by atoms with Crippen LogP contribution in [0, 0.1) is 0 Å². The zero-order chi connectivity index (χ0) is 15.2. The summed E-state index contributed by atoms with van der Waals surface area (Å²) in [6.07, 6.45) is 0. The van der Waals surface area contributed by atoms with Crippen molar-refractivity contribution < 1.29 is 4.52 Å². The number of nitrogens with zero attached hydrogens (tertiary/aromatic N) is 3. The Hall–Kier alpha value is -2.08. The lowest BCUT2D eigenvalue weighted by atomic mass is 10.2. The molecule has 0 saturated heterocycles. The molecule has 112 valence electrons. The third-order valence-corrected chi connectivity index (χ3v) is 2.88. The summed E-state index contributed by atoms with van der Waals surface area (Å²) in [7, 11) is 1.71. The van der Waals surface area contributed by atoms with Crippen molar-refractivity contribution in [3.63, 3.8) is 0 Å². The minimum absolute atomic E-state index is 0.295. The number of aliphatic imine (C=N–C) groups is 1. The molecule has 0 radical (unpaired) electrons. The molecule has 0 aliphatic carbocycles. The molecule has 0 bridgehead atoms. The van der Waals surface area contributed by atoms with Crippen LogP contribution >= 0.6 is 11.6 Å². The maximum Gasteiger partial charge on any atom is 0.246 e. The van der Waals surface area contributed by atoms with Crippen molar-refractivity contribution in [3.8, 4) is 11.4 Å². The molecule has 0 aliphatic rings. The van der Waals surface area contributed by atoms with Crippen LogP contribution in [0.1, 0.15) is 19.7 Å². The Labute approximate surface area is 128 Å². The fourth-order valence-electron chi connectivity index (χ4n) is 1.67. The predicted octanol–water partition coefficient (Wildman–Crippen LogP) is 2.46. The van der Waals surface area contributed by atoms with Gasteiger partial charge in [-0.25, -0.2) is 0 Å². The van der Waals surface area contributed by atoms with E-state index in [4.69, 9.17) is 16.1 Å². The van der Waals surface area contributed by atoms with Crippen molar-refractivity contribution in [3.05, 3.63) is 35.2 Å². The van der Waals surface area contributed by atoms with E-state index in [1.165, 1.54) is 0 Å². The van der Waals surface area contributed by atoms with Gasteiger partial charge in [-0.05, 0) is 38.1 Å². The van der Waals surface area contributed by atoms with Gasteiger partial charge in [-0.2, -0.15) is 4.98 Å². The van der Waals surface area contributed by atoms with Crippen LogP contribution in [0.2, 0.25) is 5.02 Å². The third kappa shape index (κ3) is 4.46. The van der Waals surface area contributed by atoms with E-state index in [1.54, 1.807) is 19.2 Å². The summed E-state index contributed by atoms with van der Waals surface area (Å²) in [5.41, 5.74) is 0.860. The van der Waals surface area contributed by atoms with E-state index in [9.17, 15) is 0 Å². The van der Waals surface area contributed by atoms with Gasteiger partial charge in [0.2, 0.25) is 11.7 Å². The molecule has 21 heavy (non-hydrogen) atoms. The number of benzene rings is 1. The average molecular weight is 308 g/mol. The number of aromatic nitrogens is 2. The molecular weight excluding hydrogens is 290 g/mol. The van der Waals surface area contributed by atoms with Crippen molar-refractivity contribution in [1.82, 2.24) is 20.8 Å². The monoisotopic (exact) mass is 307 g/mol. The highest BCUT2D eigenvalue weighted by atomic mass is 35.5. The zero-order valence-electron chi connectivity index (χ0n) is 12.2. The molecule has 2 N–H and O–H groups in total. The van der Waals surface area contributed by atoms with Crippen molar-refractivity contribution in [2.24, 2.45) is 4.99 Å². The molecule has 0 saturated carbocycles. The number of hydrogen-bond acceptors (Lipinski definition) is 4. The highest BCUT2D eigenvalue weighted by molar-refractivity contribution is 6.30. The molecule has 1 aromatic heterocycles. The number of halogens is 1. The first-order chi connectivity index (χ1) is 10.1. The van der Waals surface area contributed by atoms with Crippen LogP contribution in [-0.4, -0.2) is 29.2 Å². The van der Waals surface area contributed by atoms with Crippen LogP contribution in [0.25, 0.3) is 11.4 Å². The van der Waals surface area contributed by atoms with Gasteiger partial charge in [0.05, 0.1) is 6.54 Å². The van der Waals surface area contributed by atoms with Gasteiger partial charge in [-0.15, -0.1) is 0 Å². The molecule has 0 atom stereocenters. The van der Waals surface area contributed by atoms with Gasteiger partial charge in [0.25, 0.3) is 0 Å². The summed E-state index contributed by atoms with van der Waals surface area (Å²) in [6.45, 7) is 4.49. The van der Waals surface area contributed by atoms with Crippen LogP contribution in [0.4, 0.5) is 0 Å². The molecule has 0 aliphatic heterocycles. The SMILES string of the molecule is CN=C(NCc1nc(-c2ccc(Cl)cc2)no1)NC(C)C. The fourth-order valence-corrected chi connectivity index (χ4v) is 1.80.